The van der Waals surface area contributed by atoms with Gasteiger partial charge in [-0.3, -0.25) is 19.7 Å². The van der Waals surface area contributed by atoms with Gasteiger partial charge in [0.1, 0.15) is 5.75 Å². The highest BCUT2D eigenvalue weighted by molar-refractivity contribution is 5.99. The average Bonchev–Trinajstić information content (AvgIpc) is 2.72. The molecule has 0 atom stereocenters. The Hall–Kier alpha value is -3.95. The lowest BCUT2D eigenvalue weighted by Crippen LogP contribution is -2.30. The van der Waals surface area contributed by atoms with Gasteiger partial charge in [-0.2, -0.15) is 0 Å². The molecule has 2 amide bonds. The van der Waals surface area contributed by atoms with E-state index in [4.69, 9.17) is 0 Å². The van der Waals surface area contributed by atoms with Crippen molar-refractivity contribution < 1.29 is 29.2 Å². The van der Waals surface area contributed by atoms with E-state index in [1.807, 2.05) is 0 Å². The molecule has 3 N–H and O–H groups in total. The molecule has 0 spiro atoms. The molecule has 0 saturated heterocycles. The smallest absolute Gasteiger partial charge is 0.338 e. The van der Waals surface area contributed by atoms with Crippen molar-refractivity contribution in [3.63, 3.8) is 0 Å². The topological polar surface area (TPSA) is 148 Å². The molecule has 152 valence electrons. The molecule has 0 saturated carbocycles. The quantitative estimate of drug-likeness (QED) is 0.263. The van der Waals surface area contributed by atoms with Gasteiger partial charge in [0.05, 0.1) is 17.6 Å². The van der Waals surface area contributed by atoms with Gasteiger partial charge in [-0.15, -0.1) is 0 Å². The summed E-state index contributed by atoms with van der Waals surface area (Å²) in [6.07, 6.45) is 0.398. The maximum Gasteiger partial charge on any atom is 0.338 e. The number of nitrogens with one attached hydrogen (secondary N) is 2. The molecule has 10 heteroatoms. The summed E-state index contributed by atoms with van der Waals surface area (Å²) in [6.45, 7) is 0.451. The van der Waals surface area contributed by atoms with Gasteiger partial charge in [-0.1, -0.05) is 6.07 Å². The molecule has 2 aromatic carbocycles. The monoisotopic (exact) mass is 401 g/mol. The van der Waals surface area contributed by atoms with Crippen molar-refractivity contribution in [1.29, 1.82) is 0 Å². The SMILES string of the molecule is COC(=O)c1cc(C(=O)NCCCNC(=O)c2cccc(O)c2)cc([N+](=O)[O-])c1. The number of phenolic OH excluding ortho intramolecular Hbond substituents is 1. The number of carbonyl (C=O) groups is 3. The number of nitro groups is 1. The summed E-state index contributed by atoms with van der Waals surface area (Å²) in [4.78, 5) is 46.1. The number of non-ortho nitro benzene ring substituents is 1. The van der Waals surface area contributed by atoms with Crippen LogP contribution in [0.15, 0.2) is 42.5 Å². The van der Waals surface area contributed by atoms with Crippen LogP contribution in [-0.4, -0.2) is 48.0 Å². The van der Waals surface area contributed by atoms with Crippen LogP contribution in [-0.2, 0) is 4.74 Å². The van der Waals surface area contributed by atoms with Gasteiger partial charge < -0.3 is 20.5 Å². The summed E-state index contributed by atoms with van der Waals surface area (Å²) >= 11 is 0. The van der Waals surface area contributed by atoms with Gasteiger partial charge in [0.25, 0.3) is 17.5 Å². The minimum absolute atomic E-state index is 0.0202. The van der Waals surface area contributed by atoms with E-state index in [1.54, 1.807) is 12.1 Å². The number of ether oxygens (including phenoxy) is 1. The molecule has 0 heterocycles. The van der Waals surface area contributed by atoms with Crippen molar-refractivity contribution in [2.75, 3.05) is 20.2 Å². The zero-order chi connectivity index (χ0) is 21.4. The number of nitro benzene ring substituents is 1. The van der Waals surface area contributed by atoms with Crippen molar-refractivity contribution in [3.05, 3.63) is 69.3 Å². The zero-order valence-electron chi connectivity index (χ0n) is 15.5. The summed E-state index contributed by atoms with van der Waals surface area (Å²) in [6, 6.07) is 9.18. The van der Waals surface area contributed by atoms with Crippen LogP contribution in [0.4, 0.5) is 5.69 Å². The van der Waals surface area contributed by atoms with Crippen LogP contribution in [0, 0.1) is 10.1 Å². The number of aromatic hydroxyl groups is 1. The second-order valence-electron chi connectivity index (χ2n) is 5.93. The van der Waals surface area contributed by atoms with E-state index in [0.717, 1.165) is 19.2 Å². The van der Waals surface area contributed by atoms with E-state index >= 15 is 0 Å². The van der Waals surface area contributed by atoms with Crippen LogP contribution >= 0.6 is 0 Å². The first kappa shape index (κ1) is 21.4. The van der Waals surface area contributed by atoms with E-state index < -0.39 is 22.5 Å². The zero-order valence-corrected chi connectivity index (χ0v) is 15.5. The third kappa shape index (κ3) is 6.03. The summed E-state index contributed by atoms with van der Waals surface area (Å²) in [5.41, 5.74) is -0.258. The number of hydrogen-bond acceptors (Lipinski definition) is 7. The maximum atomic E-state index is 12.2. The van der Waals surface area contributed by atoms with Crippen LogP contribution in [0.2, 0.25) is 0 Å². The van der Waals surface area contributed by atoms with Gasteiger partial charge >= 0.3 is 5.97 Å². The van der Waals surface area contributed by atoms with Crippen LogP contribution in [0.5, 0.6) is 5.75 Å². The lowest BCUT2D eigenvalue weighted by atomic mass is 10.1. The van der Waals surface area contributed by atoms with Crippen molar-refractivity contribution in [2.24, 2.45) is 0 Å². The van der Waals surface area contributed by atoms with Gasteiger partial charge in [0.15, 0.2) is 0 Å². The fourth-order valence-electron chi connectivity index (χ4n) is 2.43. The lowest BCUT2D eigenvalue weighted by molar-refractivity contribution is -0.384. The van der Waals surface area contributed by atoms with E-state index in [1.165, 1.54) is 18.2 Å². The van der Waals surface area contributed by atoms with Crippen LogP contribution in [0.1, 0.15) is 37.5 Å². The van der Waals surface area contributed by atoms with Crippen molar-refractivity contribution in [3.8, 4) is 5.75 Å². The van der Waals surface area contributed by atoms with Crippen LogP contribution in [0.3, 0.4) is 0 Å². The summed E-state index contributed by atoms with van der Waals surface area (Å²) in [5, 5.41) is 25.6. The highest BCUT2D eigenvalue weighted by Crippen LogP contribution is 2.18. The first-order valence-corrected chi connectivity index (χ1v) is 8.55. The summed E-state index contributed by atoms with van der Waals surface area (Å²) in [7, 11) is 1.13. The molecule has 0 aliphatic heterocycles. The Bertz CT molecular complexity index is 943. The van der Waals surface area contributed by atoms with Crippen molar-refractivity contribution in [1.82, 2.24) is 10.6 Å². The molecule has 10 nitrogen and oxygen atoms in total. The first-order chi connectivity index (χ1) is 13.8. The largest absolute Gasteiger partial charge is 0.508 e. The standard InChI is InChI=1S/C19H19N3O7/c1-29-19(26)14-8-13(9-15(10-14)22(27)28)18(25)21-7-3-6-20-17(24)12-4-2-5-16(23)11-12/h2,4-5,8-11,23H,3,6-7H2,1H3,(H,20,24)(H,21,25). The van der Waals surface area contributed by atoms with E-state index in [0.29, 0.717) is 12.0 Å². The van der Waals surface area contributed by atoms with E-state index in [2.05, 4.69) is 15.4 Å². The highest BCUT2D eigenvalue weighted by atomic mass is 16.6. The number of hydrogen-bond donors (Lipinski definition) is 3. The average molecular weight is 401 g/mol. The molecule has 2 aromatic rings. The lowest BCUT2D eigenvalue weighted by Gasteiger charge is -2.08. The Labute approximate surface area is 165 Å². The molecular weight excluding hydrogens is 382 g/mol. The second kappa shape index (κ2) is 9.83. The molecule has 0 aliphatic carbocycles. The molecule has 0 bridgehead atoms. The Morgan fingerprint density at radius 3 is 2.21 bits per heavy atom. The molecular formula is C19H19N3O7. The molecule has 2 rings (SSSR count). The Morgan fingerprint density at radius 2 is 1.62 bits per heavy atom. The second-order valence-corrected chi connectivity index (χ2v) is 5.93. The van der Waals surface area contributed by atoms with Crippen LogP contribution < -0.4 is 10.6 Å². The third-order valence-corrected chi connectivity index (χ3v) is 3.84. The normalized spacial score (nSPS) is 10.1. The fraction of sp³-hybridized carbons (Fsp3) is 0.211. The number of methoxy groups -OCH3 is 1. The maximum absolute atomic E-state index is 12.2. The number of esters is 1. The predicted molar refractivity (Wildman–Crippen MR) is 102 cm³/mol. The van der Waals surface area contributed by atoms with E-state index in [-0.39, 0.29) is 35.9 Å². The van der Waals surface area contributed by atoms with Gasteiger partial charge in [0, 0.05) is 36.3 Å². The van der Waals surface area contributed by atoms with Crippen molar-refractivity contribution >= 4 is 23.5 Å². The number of rotatable bonds is 8. The molecule has 0 aliphatic rings. The molecule has 0 radical (unpaired) electrons. The van der Waals surface area contributed by atoms with Gasteiger partial charge in [-0.25, -0.2) is 4.79 Å². The summed E-state index contributed by atoms with van der Waals surface area (Å²) < 4.78 is 4.54. The number of carbonyl (C=O) groups excluding carboxylic acids is 3. The number of nitrogens with zero attached hydrogens (tertiary/aromatic N) is 1. The Balaban J connectivity index is 1.89. The minimum Gasteiger partial charge on any atom is -0.508 e. The summed E-state index contributed by atoms with van der Waals surface area (Å²) in [5.74, 6) is -1.78. The minimum atomic E-state index is -0.794. The van der Waals surface area contributed by atoms with Gasteiger partial charge in [-0.05, 0) is 30.7 Å². The van der Waals surface area contributed by atoms with Crippen molar-refractivity contribution in [2.45, 2.75) is 6.42 Å². The number of amides is 2. The van der Waals surface area contributed by atoms with Crippen LogP contribution in [0.25, 0.3) is 0 Å². The van der Waals surface area contributed by atoms with Gasteiger partial charge in [0.2, 0.25) is 0 Å². The molecule has 0 aromatic heterocycles. The molecule has 0 fully saturated rings. The third-order valence-electron chi connectivity index (χ3n) is 3.84. The highest BCUT2D eigenvalue weighted by Gasteiger charge is 2.18. The number of benzene rings is 2. The Morgan fingerprint density at radius 1 is 1.00 bits per heavy atom. The fourth-order valence-corrected chi connectivity index (χ4v) is 2.43. The first-order valence-electron chi connectivity index (χ1n) is 8.55. The Kier molecular flexibility index (Phi) is 7.24. The number of phenols is 1. The molecule has 29 heavy (non-hydrogen) atoms. The molecule has 0 unspecified atom stereocenters. The predicted octanol–water partition coefficient (Wildman–Crippen LogP) is 1.64. The van der Waals surface area contributed by atoms with E-state index in [9.17, 15) is 29.6 Å².